The van der Waals surface area contributed by atoms with E-state index in [2.05, 4.69) is 32.4 Å². The van der Waals surface area contributed by atoms with Crippen molar-refractivity contribution >= 4 is 11.9 Å². The summed E-state index contributed by atoms with van der Waals surface area (Å²) in [5, 5.41) is 5.77. The molecule has 2 rings (SSSR count). The van der Waals surface area contributed by atoms with Crippen LogP contribution >= 0.6 is 0 Å². The van der Waals surface area contributed by atoms with Gasteiger partial charge in [-0.3, -0.25) is 9.69 Å². The molecule has 0 aromatic carbocycles. The Hall–Kier alpha value is -1.89. The first-order valence-electron chi connectivity index (χ1n) is 7.30. The second-order valence-corrected chi connectivity index (χ2v) is 5.00. The number of hydrogen-bond donors (Lipinski definition) is 2. The Balaban J connectivity index is 2.00. The number of amides is 1. The van der Waals surface area contributed by atoms with Crippen LogP contribution in [0.3, 0.4) is 0 Å². The third-order valence-electron chi connectivity index (χ3n) is 3.82. The van der Waals surface area contributed by atoms with Crippen molar-refractivity contribution in [3.8, 4) is 5.88 Å². The minimum Gasteiger partial charge on any atom is -0.480 e. The molecule has 2 N–H and O–H groups in total. The molecule has 1 aliphatic rings. The summed E-state index contributed by atoms with van der Waals surface area (Å²) in [7, 11) is 3.21. The number of carbonyl (C=O) groups excluding carboxylic acids is 1. The van der Waals surface area contributed by atoms with Gasteiger partial charge in [-0.2, -0.15) is 4.98 Å². The lowest BCUT2D eigenvalue weighted by molar-refractivity contribution is 0.0937. The van der Waals surface area contributed by atoms with Gasteiger partial charge in [-0.1, -0.05) is 6.92 Å². The van der Waals surface area contributed by atoms with Crippen molar-refractivity contribution in [2.24, 2.45) is 0 Å². The smallest absolute Gasteiger partial charge is 0.258 e. The largest absolute Gasteiger partial charge is 0.480 e. The van der Waals surface area contributed by atoms with Crippen LogP contribution in [-0.2, 0) is 0 Å². The van der Waals surface area contributed by atoms with Crippen molar-refractivity contribution < 1.29 is 9.53 Å². The molecule has 0 aliphatic carbocycles. The predicted molar refractivity (Wildman–Crippen MR) is 80.7 cm³/mol. The summed E-state index contributed by atoms with van der Waals surface area (Å²) in [6, 6.07) is 0.419. The quantitative estimate of drug-likeness (QED) is 0.805. The maximum absolute atomic E-state index is 12.3. The van der Waals surface area contributed by atoms with Crippen LogP contribution in [0.2, 0.25) is 0 Å². The van der Waals surface area contributed by atoms with Crippen molar-refractivity contribution in [1.29, 1.82) is 0 Å². The van der Waals surface area contributed by atoms with Gasteiger partial charge in [0.1, 0.15) is 5.56 Å². The van der Waals surface area contributed by atoms with E-state index >= 15 is 0 Å². The molecule has 1 unspecified atom stereocenters. The van der Waals surface area contributed by atoms with Crippen molar-refractivity contribution in [2.45, 2.75) is 25.8 Å². The van der Waals surface area contributed by atoms with Gasteiger partial charge in [0.25, 0.3) is 5.91 Å². The molecule has 21 heavy (non-hydrogen) atoms. The molecule has 1 atom stereocenters. The standard InChI is InChI=1S/C14H23N5O2/c1-4-19-7-5-6-10(19)8-16-12(20)11-9-17-14(15-2)18-13(11)21-3/h9-10H,4-8H2,1-3H3,(H,16,20)(H,15,17,18). The lowest BCUT2D eigenvalue weighted by Crippen LogP contribution is -2.40. The first-order valence-corrected chi connectivity index (χ1v) is 7.30. The average molecular weight is 293 g/mol. The Morgan fingerprint density at radius 3 is 3.05 bits per heavy atom. The third-order valence-corrected chi connectivity index (χ3v) is 3.82. The van der Waals surface area contributed by atoms with E-state index in [1.165, 1.54) is 19.7 Å². The van der Waals surface area contributed by atoms with E-state index in [9.17, 15) is 4.79 Å². The fourth-order valence-corrected chi connectivity index (χ4v) is 2.65. The van der Waals surface area contributed by atoms with Gasteiger partial charge in [-0.25, -0.2) is 4.98 Å². The van der Waals surface area contributed by atoms with E-state index in [0.717, 1.165) is 19.5 Å². The number of likely N-dealkylation sites (tertiary alicyclic amines) is 1. The van der Waals surface area contributed by atoms with Gasteiger partial charge in [-0.05, 0) is 25.9 Å². The summed E-state index contributed by atoms with van der Waals surface area (Å²) in [5.41, 5.74) is 0.359. The van der Waals surface area contributed by atoms with E-state index in [1.54, 1.807) is 7.05 Å². The number of ether oxygens (including phenoxy) is 1. The van der Waals surface area contributed by atoms with Gasteiger partial charge in [0, 0.05) is 25.8 Å². The number of rotatable bonds is 6. The van der Waals surface area contributed by atoms with E-state index in [4.69, 9.17) is 4.74 Å². The Morgan fingerprint density at radius 1 is 1.57 bits per heavy atom. The van der Waals surface area contributed by atoms with Gasteiger partial charge in [0.15, 0.2) is 0 Å². The molecule has 7 nitrogen and oxygen atoms in total. The molecule has 116 valence electrons. The topological polar surface area (TPSA) is 79.4 Å². The van der Waals surface area contributed by atoms with Crippen LogP contribution in [0.4, 0.5) is 5.95 Å². The Bertz CT molecular complexity index is 494. The van der Waals surface area contributed by atoms with E-state index in [0.29, 0.717) is 24.1 Å². The maximum atomic E-state index is 12.3. The summed E-state index contributed by atoms with van der Waals surface area (Å²) < 4.78 is 5.16. The number of hydrogen-bond acceptors (Lipinski definition) is 6. The Labute approximate surface area is 125 Å². The molecular formula is C14H23N5O2. The van der Waals surface area contributed by atoms with E-state index in [1.807, 2.05) is 0 Å². The maximum Gasteiger partial charge on any atom is 0.258 e. The first-order chi connectivity index (χ1) is 10.2. The van der Waals surface area contributed by atoms with Gasteiger partial charge < -0.3 is 15.4 Å². The lowest BCUT2D eigenvalue weighted by atomic mass is 10.2. The molecule has 0 saturated carbocycles. The van der Waals surface area contributed by atoms with E-state index < -0.39 is 0 Å². The number of likely N-dealkylation sites (N-methyl/N-ethyl adjacent to an activating group) is 1. The summed E-state index contributed by atoms with van der Waals surface area (Å²) in [4.78, 5) is 22.8. The van der Waals surface area contributed by atoms with Crippen LogP contribution in [-0.4, -0.2) is 60.6 Å². The molecule has 2 heterocycles. The minimum absolute atomic E-state index is 0.197. The average Bonchev–Trinajstić information content (AvgIpc) is 2.99. The molecule has 1 aromatic rings. The van der Waals surface area contributed by atoms with Gasteiger partial charge >= 0.3 is 0 Å². The fourth-order valence-electron chi connectivity index (χ4n) is 2.65. The third kappa shape index (κ3) is 3.60. The summed E-state index contributed by atoms with van der Waals surface area (Å²) in [6.07, 6.45) is 3.80. The molecule has 0 radical (unpaired) electrons. The Kier molecular flexibility index (Phi) is 5.32. The molecule has 0 bridgehead atoms. The normalized spacial score (nSPS) is 18.5. The highest BCUT2D eigenvalue weighted by atomic mass is 16.5. The van der Waals surface area contributed by atoms with Crippen LogP contribution in [0.15, 0.2) is 6.20 Å². The fraction of sp³-hybridized carbons (Fsp3) is 0.643. The van der Waals surface area contributed by atoms with Crippen LogP contribution in [0.1, 0.15) is 30.1 Å². The molecular weight excluding hydrogens is 270 g/mol. The van der Waals surface area contributed by atoms with Gasteiger partial charge in [-0.15, -0.1) is 0 Å². The number of nitrogens with zero attached hydrogens (tertiary/aromatic N) is 3. The van der Waals surface area contributed by atoms with Crippen molar-refractivity contribution in [3.63, 3.8) is 0 Å². The summed E-state index contributed by atoms with van der Waals surface area (Å²) >= 11 is 0. The van der Waals surface area contributed by atoms with Gasteiger partial charge in [0.2, 0.25) is 11.8 Å². The zero-order chi connectivity index (χ0) is 15.2. The number of anilines is 1. The zero-order valence-electron chi connectivity index (χ0n) is 12.8. The summed E-state index contributed by atoms with van der Waals surface area (Å²) in [5.74, 6) is 0.513. The van der Waals surface area contributed by atoms with Crippen molar-refractivity contribution in [1.82, 2.24) is 20.2 Å². The predicted octanol–water partition coefficient (Wildman–Crippen LogP) is 0.741. The zero-order valence-corrected chi connectivity index (χ0v) is 12.8. The molecule has 7 heteroatoms. The molecule has 1 saturated heterocycles. The SMILES string of the molecule is CCN1CCCC1CNC(=O)c1cnc(NC)nc1OC. The Morgan fingerprint density at radius 2 is 2.38 bits per heavy atom. The minimum atomic E-state index is -0.197. The van der Waals surface area contributed by atoms with Crippen LogP contribution in [0, 0.1) is 0 Å². The monoisotopic (exact) mass is 293 g/mol. The molecule has 1 fully saturated rings. The van der Waals surface area contributed by atoms with E-state index in [-0.39, 0.29) is 11.8 Å². The highest BCUT2D eigenvalue weighted by Crippen LogP contribution is 2.18. The first kappa shape index (κ1) is 15.5. The number of nitrogens with one attached hydrogen (secondary N) is 2. The number of carbonyl (C=O) groups is 1. The highest BCUT2D eigenvalue weighted by Gasteiger charge is 2.24. The summed E-state index contributed by atoms with van der Waals surface area (Å²) in [6.45, 7) is 4.92. The number of methoxy groups -OCH3 is 1. The lowest BCUT2D eigenvalue weighted by Gasteiger charge is -2.22. The second-order valence-electron chi connectivity index (χ2n) is 5.00. The second kappa shape index (κ2) is 7.21. The molecule has 1 aliphatic heterocycles. The van der Waals surface area contributed by atoms with Gasteiger partial charge in [0.05, 0.1) is 7.11 Å². The molecule has 0 spiro atoms. The number of aromatic nitrogens is 2. The van der Waals surface area contributed by atoms with Crippen molar-refractivity contribution in [3.05, 3.63) is 11.8 Å². The van der Waals surface area contributed by atoms with Crippen molar-refractivity contribution in [2.75, 3.05) is 39.1 Å². The molecule has 1 amide bonds. The van der Waals surface area contributed by atoms with Crippen LogP contribution in [0.25, 0.3) is 0 Å². The van der Waals surface area contributed by atoms with Crippen LogP contribution in [0.5, 0.6) is 5.88 Å². The van der Waals surface area contributed by atoms with Crippen LogP contribution < -0.4 is 15.4 Å². The highest BCUT2D eigenvalue weighted by molar-refractivity contribution is 5.96. The molecule has 1 aromatic heterocycles.